The van der Waals surface area contributed by atoms with E-state index in [-0.39, 0.29) is 16.5 Å². The third-order valence-corrected chi connectivity index (χ3v) is 8.45. The summed E-state index contributed by atoms with van der Waals surface area (Å²) in [7, 11) is -0.357. The second-order valence-electron chi connectivity index (χ2n) is 9.57. The van der Waals surface area contributed by atoms with Crippen molar-refractivity contribution in [1.82, 2.24) is 19.3 Å². The Morgan fingerprint density at radius 3 is 2.41 bits per heavy atom. The van der Waals surface area contributed by atoms with Crippen LogP contribution in [0.15, 0.2) is 64.3 Å². The van der Waals surface area contributed by atoms with Crippen molar-refractivity contribution in [2.45, 2.75) is 24.8 Å². The maximum absolute atomic E-state index is 13.2. The number of hydrogen-bond acceptors (Lipinski definition) is 8. The Morgan fingerprint density at radius 1 is 1.00 bits per heavy atom. The van der Waals surface area contributed by atoms with E-state index in [4.69, 9.17) is 9.72 Å². The Bertz CT molecular complexity index is 1680. The summed E-state index contributed by atoms with van der Waals surface area (Å²) in [6.45, 7) is 6.34. The van der Waals surface area contributed by atoms with Crippen molar-refractivity contribution in [3.05, 3.63) is 76.3 Å². The lowest BCUT2D eigenvalue weighted by molar-refractivity contribution is 0.122. The summed E-state index contributed by atoms with van der Waals surface area (Å²) in [5.74, 6) is 1.22. The number of hydrogen-bond donors (Lipinski definition) is 2. The first-order valence-corrected chi connectivity index (χ1v) is 14.3. The first-order valence-electron chi connectivity index (χ1n) is 12.8. The molecule has 10 nitrogen and oxygen atoms in total. The van der Waals surface area contributed by atoms with Crippen LogP contribution >= 0.6 is 0 Å². The largest absolute Gasteiger partial charge is 0.378 e. The lowest BCUT2D eigenvalue weighted by Gasteiger charge is -2.29. The van der Waals surface area contributed by atoms with Crippen LogP contribution in [0.1, 0.15) is 24.4 Å². The van der Waals surface area contributed by atoms with Gasteiger partial charge in [0.05, 0.1) is 23.5 Å². The predicted octanol–water partition coefficient (Wildman–Crippen LogP) is 3.22. The minimum atomic E-state index is -3.49. The highest BCUT2D eigenvalue weighted by Crippen LogP contribution is 2.29. The smallest absolute Gasteiger partial charge is 0.275 e. The number of ether oxygens (including phenoxy) is 1. The topological polar surface area (TPSA) is 118 Å². The minimum absolute atomic E-state index is 0.0947. The summed E-state index contributed by atoms with van der Waals surface area (Å²) in [6.07, 6.45) is 0. The van der Waals surface area contributed by atoms with Gasteiger partial charge in [0.15, 0.2) is 0 Å². The highest BCUT2D eigenvalue weighted by atomic mass is 32.2. The first kappa shape index (κ1) is 26.8. The van der Waals surface area contributed by atoms with Crippen LogP contribution in [0.3, 0.4) is 0 Å². The molecule has 39 heavy (non-hydrogen) atoms. The molecule has 0 aliphatic carbocycles. The summed E-state index contributed by atoms with van der Waals surface area (Å²) in [5, 5.41) is 4.31. The van der Waals surface area contributed by atoms with E-state index in [1.807, 2.05) is 31.2 Å². The lowest BCUT2D eigenvalue weighted by Crippen LogP contribution is -2.40. The molecule has 1 fully saturated rings. The molecule has 0 bridgehead atoms. The number of rotatable bonds is 7. The van der Waals surface area contributed by atoms with Crippen molar-refractivity contribution in [3.63, 3.8) is 0 Å². The van der Waals surface area contributed by atoms with Crippen molar-refractivity contribution in [1.29, 1.82) is 0 Å². The van der Waals surface area contributed by atoms with Crippen molar-refractivity contribution in [2.75, 3.05) is 43.6 Å². The van der Waals surface area contributed by atoms with Gasteiger partial charge in [0.2, 0.25) is 10.0 Å². The zero-order chi connectivity index (χ0) is 27.7. The average molecular weight is 549 g/mol. The normalized spacial score (nSPS) is 14.9. The number of aromatic nitrogens is 3. The molecule has 1 saturated heterocycles. The fourth-order valence-corrected chi connectivity index (χ4v) is 5.51. The predicted molar refractivity (Wildman–Crippen MR) is 153 cm³/mol. The van der Waals surface area contributed by atoms with Crippen LogP contribution < -0.4 is 20.5 Å². The van der Waals surface area contributed by atoms with Crippen molar-refractivity contribution in [2.24, 2.45) is 7.05 Å². The summed E-state index contributed by atoms with van der Waals surface area (Å²) in [5.41, 5.74) is 4.00. The molecule has 2 N–H and O–H groups in total. The van der Waals surface area contributed by atoms with E-state index in [1.165, 1.54) is 7.05 Å². The van der Waals surface area contributed by atoms with Gasteiger partial charge in [-0.2, -0.15) is 0 Å². The number of pyridine rings is 1. The Kier molecular flexibility index (Phi) is 7.39. The molecule has 4 aromatic rings. The van der Waals surface area contributed by atoms with E-state index in [0.717, 1.165) is 22.1 Å². The molecule has 0 amide bonds. The Morgan fingerprint density at radius 2 is 1.72 bits per heavy atom. The minimum Gasteiger partial charge on any atom is -0.378 e. The van der Waals surface area contributed by atoms with E-state index >= 15 is 0 Å². The highest BCUT2D eigenvalue weighted by Gasteiger charge is 2.20. The van der Waals surface area contributed by atoms with Gasteiger partial charge in [-0.1, -0.05) is 30.3 Å². The molecule has 11 heteroatoms. The van der Waals surface area contributed by atoms with Gasteiger partial charge in [0.25, 0.3) is 5.56 Å². The summed E-state index contributed by atoms with van der Waals surface area (Å²) in [4.78, 5) is 24.7. The molecule has 0 saturated carbocycles. The molecule has 2 aromatic carbocycles. The molecule has 3 heterocycles. The van der Waals surface area contributed by atoms with E-state index in [0.29, 0.717) is 49.3 Å². The molecule has 1 aliphatic rings. The summed E-state index contributed by atoms with van der Waals surface area (Å²) < 4.78 is 33.5. The summed E-state index contributed by atoms with van der Waals surface area (Å²) in [6, 6.07) is 16.6. The van der Waals surface area contributed by atoms with Gasteiger partial charge < -0.3 is 15.0 Å². The number of sulfonamides is 1. The molecule has 5 rings (SSSR count). The van der Waals surface area contributed by atoms with Crippen LogP contribution in [-0.4, -0.2) is 56.3 Å². The molecular weight excluding hydrogens is 516 g/mol. The van der Waals surface area contributed by atoms with Crippen LogP contribution in [0.2, 0.25) is 0 Å². The first-order chi connectivity index (χ1) is 18.7. The lowest BCUT2D eigenvalue weighted by atomic mass is 10.00. The van der Waals surface area contributed by atoms with Crippen molar-refractivity contribution >= 4 is 32.6 Å². The van der Waals surface area contributed by atoms with Crippen LogP contribution in [-0.2, 0) is 21.8 Å². The van der Waals surface area contributed by atoms with E-state index < -0.39 is 10.0 Å². The van der Waals surface area contributed by atoms with E-state index in [9.17, 15) is 13.2 Å². The average Bonchev–Trinajstić information content (AvgIpc) is 2.95. The number of aryl methyl sites for hydroxylation is 2. The highest BCUT2D eigenvalue weighted by molar-refractivity contribution is 7.89. The molecule has 1 atom stereocenters. The number of fused-ring (bicyclic) bond motifs is 1. The van der Waals surface area contributed by atoms with Gasteiger partial charge in [-0.05, 0) is 61.9 Å². The fourth-order valence-electron chi connectivity index (χ4n) is 4.78. The van der Waals surface area contributed by atoms with Crippen molar-refractivity contribution < 1.29 is 13.2 Å². The molecule has 2 aromatic heterocycles. The van der Waals surface area contributed by atoms with Gasteiger partial charge in [-0.25, -0.2) is 23.1 Å². The maximum atomic E-state index is 13.2. The SMILES string of the molecule is CNS(=O)(=O)c1ccc(-c2cccc([C@@H](C)Nc3nc(C)nc4c3cc(N3CCOCC3)c(=O)n4C)c2)cc1. The van der Waals surface area contributed by atoms with Gasteiger partial charge in [0.1, 0.15) is 23.0 Å². The second-order valence-corrected chi connectivity index (χ2v) is 11.5. The van der Waals surface area contributed by atoms with Gasteiger partial charge in [0, 0.05) is 26.2 Å². The third-order valence-electron chi connectivity index (χ3n) is 7.02. The number of benzene rings is 2. The number of nitrogens with zero attached hydrogens (tertiary/aromatic N) is 4. The third kappa shape index (κ3) is 5.38. The fraction of sp³-hybridized carbons (Fsp3) is 0.321. The molecule has 1 aliphatic heterocycles. The second kappa shape index (κ2) is 10.8. The number of anilines is 2. The Hall–Kier alpha value is -3.80. The Balaban J connectivity index is 1.48. The van der Waals surface area contributed by atoms with E-state index in [1.54, 1.807) is 35.9 Å². The van der Waals surface area contributed by atoms with Crippen LogP contribution in [0.4, 0.5) is 11.5 Å². The Labute approximate surface area is 227 Å². The molecule has 0 spiro atoms. The number of nitrogens with one attached hydrogen (secondary N) is 2. The van der Waals surface area contributed by atoms with Crippen LogP contribution in [0.25, 0.3) is 22.2 Å². The molecule has 204 valence electrons. The van der Waals surface area contributed by atoms with E-state index in [2.05, 4.69) is 32.9 Å². The number of morpholine rings is 1. The van der Waals surface area contributed by atoms with Gasteiger partial charge in [-0.15, -0.1) is 0 Å². The monoisotopic (exact) mass is 548 g/mol. The van der Waals surface area contributed by atoms with Crippen LogP contribution in [0, 0.1) is 6.92 Å². The van der Waals surface area contributed by atoms with Crippen molar-refractivity contribution in [3.8, 4) is 11.1 Å². The zero-order valence-corrected chi connectivity index (χ0v) is 23.2. The maximum Gasteiger partial charge on any atom is 0.275 e. The van der Waals surface area contributed by atoms with Crippen LogP contribution in [0.5, 0.6) is 0 Å². The quantitative estimate of drug-likeness (QED) is 0.362. The van der Waals surface area contributed by atoms with Gasteiger partial charge in [-0.3, -0.25) is 9.36 Å². The van der Waals surface area contributed by atoms with Gasteiger partial charge >= 0.3 is 0 Å². The molecule has 0 radical (unpaired) electrons. The molecular formula is C28H32N6O4S. The zero-order valence-electron chi connectivity index (χ0n) is 22.4. The molecule has 0 unspecified atom stereocenters. The standard InChI is InChI=1S/C28H32N6O4S/c1-18(21-6-5-7-22(16-21)20-8-10-23(11-9-20)39(36,37)29-3)30-26-24-17-25(34-12-14-38-15-13-34)28(35)33(4)27(24)32-19(2)31-26/h5-11,16-18,29H,12-15H2,1-4H3,(H,30,31,32)/t18-/m1/s1. The summed E-state index contributed by atoms with van der Waals surface area (Å²) >= 11 is 0.